The highest BCUT2D eigenvalue weighted by Gasteiger charge is 2.26. The lowest BCUT2D eigenvalue weighted by Crippen LogP contribution is -2.50. The van der Waals surface area contributed by atoms with Gasteiger partial charge in [0, 0.05) is 43.5 Å². The van der Waals surface area contributed by atoms with E-state index < -0.39 is 0 Å². The third-order valence-electron chi connectivity index (χ3n) is 5.41. The molecule has 2 amide bonds. The van der Waals surface area contributed by atoms with Gasteiger partial charge in [-0.1, -0.05) is 0 Å². The molecule has 2 heterocycles. The number of benzene rings is 2. The molecule has 0 radical (unpaired) electrons. The molecule has 0 aliphatic carbocycles. The number of carbonyl (C=O) groups is 2. The van der Waals surface area contributed by atoms with Crippen molar-refractivity contribution in [1.82, 2.24) is 19.6 Å². The molecule has 1 fully saturated rings. The van der Waals surface area contributed by atoms with E-state index in [9.17, 15) is 9.59 Å². The fourth-order valence-corrected chi connectivity index (χ4v) is 3.93. The third-order valence-corrected chi connectivity index (χ3v) is 5.82. The van der Waals surface area contributed by atoms with Gasteiger partial charge in [0.15, 0.2) is 11.5 Å². The molecule has 0 unspecified atom stereocenters. The molecular formula is C23H23BrN4O4. The molecule has 9 heteroatoms. The molecule has 0 atom stereocenters. The molecule has 1 aliphatic heterocycles. The van der Waals surface area contributed by atoms with E-state index in [2.05, 4.69) is 21.0 Å². The SMILES string of the molecule is COc1ccc(C(=O)N2CCN(C(=O)c3ccc(-n4cc(Br)cn4)cc3)CC2)cc1OC. The molecule has 1 saturated heterocycles. The van der Waals surface area contributed by atoms with E-state index in [0.717, 1.165) is 10.2 Å². The zero-order chi connectivity index (χ0) is 22.7. The minimum absolute atomic E-state index is 0.0450. The zero-order valence-corrected chi connectivity index (χ0v) is 19.4. The Kier molecular flexibility index (Phi) is 6.45. The molecular weight excluding hydrogens is 476 g/mol. The average Bonchev–Trinajstić information content (AvgIpc) is 3.29. The first-order valence-corrected chi connectivity index (χ1v) is 10.9. The lowest BCUT2D eigenvalue weighted by Gasteiger charge is -2.35. The molecule has 2 aromatic carbocycles. The second-order valence-electron chi connectivity index (χ2n) is 7.30. The van der Waals surface area contributed by atoms with Gasteiger partial charge < -0.3 is 19.3 Å². The maximum Gasteiger partial charge on any atom is 0.254 e. The van der Waals surface area contributed by atoms with Crippen molar-refractivity contribution in [3.8, 4) is 17.2 Å². The van der Waals surface area contributed by atoms with Crippen molar-refractivity contribution < 1.29 is 19.1 Å². The molecule has 1 aliphatic rings. The molecule has 0 saturated carbocycles. The van der Waals surface area contributed by atoms with Crippen LogP contribution < -0.4 is 9.47 Å². The number of nitrogens with zero attached hydrogens (tertiary/aromatic N) is 4. The highest BCUT2D eigenvalue weighted by atomic mass is 79.9. The van der Waals surface area contributed by atoms with Crippen molar-refractivity contribution in [2.75, 3.05) is 40.4 Å². The summed E-state index contributed by atoms with van der Waals surface area (Å²) in [4.78, 5) is 29.3. The van der Waals surface area contributed by atoms with E-state index in [-0.39, 0.29) is 11.8 Å². The summed E-state index contributed by atoms with van der Waals surface area (Å²) in [6, 6.07) is 12.5. The number of piperazine rings is 1. The minimum Gasteiger partial charge on any atom is -0.493 e. The fraction of sp³-hybridized carbons (Fsp3) is 0.261. The monoisotopic (exact) mass is 498 g/mol. The van der Waals surface area contributed by atoms with Gasteiger partial charge in [0.25, 0.3) is 11.8 Å². The standard InChI is InChI=1S/C23H23BrN4O4/c1-31-20-8-5-17(13-21(20)32-2)23(30)27-11-9-26(10-12-27)22(29)16-3-6-19(7-4-16)28-15-18(24)14-25-28/h3-8,13-15H,9-12H2,1-2H3. The maximum absolute atomic E-state index is 12.9. The third kappa shape index (κ3) is 4.47. The largest absolute Gasteiger partial charge is 0.493 e. The van der Waals surface area contributed by atoms with Gasteiger partial charge in [-0.25, -0.2) is 4.68 Å². The first-order valence-electron chi connectivity index (χ1n) is 10.1. The topological polar surface area (TPSA) is 76.9 Å². The zero-order valence-electron chi connectivity index (χ0n) is 17.8. The van der Waals surface area contributed by atoms with E-state index >= 15 is 0 Å². The van der Waals surface area contributed by atoms with Crippen molar-refractivity contribution in [3.05, 3.63) is 70.5 Å². The van der Waals surface area contributed by atoms with Crippen LogP contribution in [0.3, 0.4) is 0 Å². The van der Waals surface area contributed by atoms with Crippen molar-refractivity contribution in [2.45, 2.75) is 0 Å². The van der Waals surface area contributed by atoms with Gasteiger partial charge in [0.1, 0.15) is 0 Å². The number of carbonyl (C=O) groups excluding carboxylic acids is 2. The molecule has 8 nitrogen and oxygen atoms in total. The quantitative estimate of drug-likeness (QED) is 0.539. The highest BCUT2D eigenvalue weighted by Crippen LogP contribution is 2.28. The Morgan fingerprint density at radius 2 is 1.41 bits per heavy atom. The van der Waals surface area contributed by atoms with Crippen molar-refractivity contribution in [2.24, 2.45) is 0 Å². The molecule has 166 valence electrons. The Balaban J connectivity index is 1.38. The maximum atomic E-state index is 12.9. The minimum atomic E-state index is -0.0900. The van der Waals surface area contributed by atoms with Gasteiger partial charge >= 0.3 is 0 Å². The van der Waals surface area contributed by atoms with Crippen LogP contribution in [0.1, 0.15) is 20.7 Å². The Bertz CT molecular complexity index is 1120. The molecule has 0 bridgehead atoms. The predicted octanol–water partition coefficient (Wildman–Crippen LogP) is 3.25. The summed E-state index contributed by atoms with van der Waals surface area (Å²) in [5.41, 5.74) is 2.01. The summed E-state index contributed by atoms with van der Waals surface area (Å²) in [5.74, 6) is 0.952. The summed E-state index contributed by atoms with van der Waals surface area (Å²) in [6.07, 6.45) is 3.56. The molecule has 4 rings (SSSR count). The van der Waals surface area contributed by atoms with E-state index in [0.29, 0.717) is 48.8 Å². The smallest absolute Gasteiger partial charge is 0.254 e. The van der Waals surface area contributed by atoms with Crippen molar-refractivity contribution in [1.29, 1.82) is 0 Å². The lowest BCUT2D eigenvalue weighted by atomic mass is 10.1. The Morgan fingerprint density at radius 3 is 1.94 bits per heavy atom. The van der Waals surface area contributed by atoms with Gasteiger partial charge in [-0.05, 0) is 58.4 Å². The Labute approximate surface area is 194 Å². The number of methoxy groups -OCH3 is 2. The van der Waals surface area contributed by atoms with Crippen molar-refractivity contribution in [3.63, 3.8) is 0 Å². The van der Waals surface area contributed by atoms with Crippen LogP contribution in [0.5, 0.6) is 11.5 Å². The van der Waals surface area contributed by atoms with Crippen LogP contribution in [-0.4, -0.2) is 71.8 Å². The fourth-order valence-electron chi connectivity index (χ4n) is 3.65. The van der Waals surface area contributed by atoms with Crippen LogP contribution in [0, 0.1) is 0 Å². The summed E-state index contributed by atoms with van der Waals surface area (Å²) in [6.45, 7) is 1.90. The average molecular weight is 499 g/mol. The van der Waals surface area contributed by atoms with Gasteiger partial charge in [-0.15, -0.1) is 0 Å². The molecule has 0 spiro atoms. The van der Waals surface area contributed by atoms with Crippen LogP contribution in [0.2, 0.25) is 0 Å². The highest BCUT2D eigenvalue weighted by molar-refractivity contribution is 9.10. The van der Waals surface area contributed by atoms with Gasteiger partial charge in [-0.3, -0.25) is 9.59 Å². The van der Waals surface area contributed by atoms with E-state index in [1.165, 1.54) is 7.11 Å². The number of amides is 2. The summed E-state index contributed by atoms with van der Waals surface area (Å²) >= 11 is 3.38. The van der Waals surface area contributed by atoms with Crippen LogP contribution in [0.25, 0.3) is 5.69 Å². The van der Waals surface area contributed by atoms with E-state index in [1.54, 1.807) is 58.1 Å². The first-order chi connectivity index (χ1) is 15.5. The Morgan fingerprint density at radius 1 is 0.844 bits per heavy atom. The lowest BCUT2D eigenvalue weighted by molar-refractivity contribution is 0.0535. The summed E-state index contributed by atoms with van der Waals surface area (Å²) in [5, 5.41) is 4.24. The van der Waals surface area contributed by atoms with Crippen LogP contribution in [-0.2, 0) is 0 Å². The number of rotatable bonds is 5. The molecule has 0 N–H and O–H groups in total. The summed E-state index contributed by atoms with van der Waals surface area (Å²) < 4.78 is 13.1. The predicted molar refractivity (Wildman–Crippen MR) is 123 cm³/mol. The van der Waals surface area contributed by atoms with E-state index in [4.69, 9.17) is 9.47 Å². The van der Waals surface area contributed by atoms with Gasteiger partial charge in [0.05, 0.1) is 30.6 Å². The van der Waals surface area contributed by atoms with Gasteiger partial charge in [-0.2, -0.15) is 5.10 Å². The van der Waals surface area contributed by atoms with Crippen molar-refractivity contribution >= 4 is 27.7 Å². The van der Waals surface area contributed by atoms with Crippen LogP contribution in [0.15, 0.2) is 59.3 Å². The van der Waals surface area contributed by atoms with Crippen LogP contribution in [0.4, 0.5) is 0 Å². The molecule has 1 aromatic heterocycles. The van der Waals surface area contributed by atoms with E-state index in [1.807, 2.05) is 18.3 Å². The first kappa shape index (κ1) is 21.9. The number of ether oxygens (including phenoxy) is 2. The Hall–Kier alpha value is -3.33. The molecule has 32 heavy (non-hydrogen) atoms. The van der Waals surface area contributed by atoms with Gasteiger partial charge in [0.2, 0.25) is 0 Å². The van der Waals surface area contributed by atoms with Crippen LogP contribution >= 0.6 is 15.9 Å². The number of hydrogen-bond donors (Lipinski definition) is 0. The molecule has 3 aromatic rings. The second-order valence-corrected chi connectivity index (χ2v) is 8.22. The number of halogens is 1. The summed E-state index contributed by atoms with van der Waals surface area (Å²) in [7, 11) is 3.09. The normalized spacial score (nSPS) is 13.7. The number of aromatic nitrogens is 2. The second kappa shape index (κ2) is 9.44. The number of hydrogen-bond acceptors (Lipinski definition) is 5.